The van der Waals surface area contributed by atoms with E-state index in [0.717, 1.165) is 12.8 Å². The standard InChI is InChI=1S/C13H26N2O4/c1-5-10(6-2)11(15(3)4)7-14-12(16)8-19-9-13(17)18/h10-11H,5-9H2,1-4H3,(H,14,16)(H,17,18). The Morgan fingerprint density at radius 2 is 1.79 bits per heavy atom. The Bertz CT molecular complexity index is 278. The van der Waals surface area contributed by atoms with Gasteiger partial charge in [0.05, 0.1) is 0 Å². The predicted molar refractivity (Wildman–Crippen MR) is 73.0 cm³/mol. The van der Waals surface area contributed by atoms with Crippen LogP contribution in [0, 0.1) is 5.92 Å². The van der Waals surface area contributed by atoms with E-state index in [1.165, 1.54) is 0 Å². The zero-order chi connectivity index (χ0) is 14.8. The van der Waals surface area contributed by atoms with E-state index in [1.54, 1.807) is 0 Å². The molecule has 0 saturated carbocycles. The Labute approximate surface area is 115 Å². The van der Waals surface area contributed by atoms with Crippen LogP contribution >= 0.6 is 0 Å². The zero-order valence-electron chi connectivity index (χ0n) is 12.3. The average molecular weight is 274 g/mol. The molecule has 1 unspecified atom stereocenters. The van der Waals surface area contributed by atoms with Crippen molar-refractivity contribution in [3.05, 3.63) is 0 Å². The van der Waals surface area contributed by atoms with Crippen molar-refractivity contribution in [1.82, 2.24) is 10.2 Å². The molecule has 0 aliphatic carbocycles. The third-order valence-electron chi connectivity index (χ3n) is 3.22. The van der Waals surface area contributed by atoms with Crippen LogP contribution in [0.1, 0.15) is 26.7 Å². The molecule has 0 rings (SSSR count). The summed E-state index contributed by atoms with van der Waals surface area (Å²) in [6, 6.07) is 0.276. The summed E-state index contributed by atoms with van der Waals surface area (Å²) in [5.41, 5.74) is 0. The number of carbonyl (C=O) groups excluding carboxylic acids is 1. The second-order valence-corrected chi connectivity index (χ2v) is 4.80. The van der Waals surface area contributed by atoms with Gasteiger partial charge in [-0.05, 0) is 20.0 Å². The van der Waals surface area contributed by atoms with Gasteiger partial charge >= 0.3 is 5.97 Å². The molecule has 0 aliphatic heterocycles. The van der Waals surface area contributed by atoms with E-state index in [-0.39, 0.29) is 18.6 Å². The lowest BCUT2D eigenvalue weighted by Crippen LogP contribution is -2.45. The van der Waals surface area contributed by atoms with Gasteiger partial charge in [-0.25, -0.2) is 4.79 Å². The van der Waals surface area contributed by atoms with Crippen LogP contribution in [0.4, 0.5) is 0 Å². The van der Waals surface area contributed by atoms with E-state index in [4.69, 9.17) is 9.84 Å². The van der Waals surface area contributed by atoms with Crippen molar-refractivity contribution in [2.75, 3.05) is 33.9 Å². The molecule has 1 amide bonds. The SMILES string of the molecule is CCC(CC)C(CNC(=O)COCC(=O)O)N(C)C. The number of rotatable bonds is 10. The van der Waals surface area contributed by atoms with Crippen molar-refractivity contribution in [3.63, 3.8) is 0 Å². The van der Waals surface area contributed by atoms with Crippen molar-refractivity contribution in [3.8, 4) is 0 Å². The van der Waals surface area contributed by atoms with E-state index in [0.29, 0.717) is 12.5 Å². The summed E-state index contributed by atoms with van der Waals surface area (Å²) in [4.78, 5) is 23.9. The number of amides is 1. The van der Waals surface area contributed by atoms with Gasteiger partial charge in [0, 0.05) is 12.6 Å². The normalized spacial score (nSPS) is 12.7. The van der Waals surface area contributed by atoms with Crippen molar-refractivity contribution < 1.29 is 19.4 Å². The van der Waals surface area contributed by atoms with Crippen molar-refractivity contribution >= 4 is 11.9 Å². The van der Waals surface area contributed by atoms with Crippen LogP contribution in [0.15, 0.2) is 0 Å². The molecule has 0 fully saturated rings. The summed E-state index contributed by atoms with van der Waals surface area (Å²) in [7, 11) is 3.99. The minimum atomic E-state index is -1.07. The molecule has 0 spiro atoms. The molecular formula is C13H26N2O4. The fraction of sp³-hybridized carbons (Fsp3) is 0.846. The Kier molecular flexibility index (Phi) is 9.16. The third-order valence-corrected chi connectivity index (χ3v) is 3.22. The lowest BCUT2D eigenvalue weighted by Gasteiger charge is -2.31. The first-order valence-electron chi connectivity index (χ1n) is 6.64. The van der Waals surface area contributed by atoms with Gasteiger partial charge in [0.15, 0.2) is 0 Å². The molecule has 112 valence electrons. The molecule has 0 aromatic heterocycles. The molecule has 2 N–H and O–H groups in total. The monoisotopic (exact) mass is 274 g/mol. The molecule has 0 heterocycles. The van der Waals surface area contributed by atoms with Crippen LogP contribution in [-0.2, 0) is 14.3 Å². The van der Waals surface area contributed by atoms with Crippen molar-refractivity contribution in [1.29, 1.82) is 0 Å². The highest BCUT2D eigenvalue weighted by Gasteiger charge is 2.21. The first-order valence-corrected chi connectivity index (χ1v) is 6.64. The van der Waals surface area contributed by atoms with Crippen LogP contribution in [0.25, 0.3) is 0 Å². The highest BCUT2D eigenvalue weighted by molar-refractivity contribution is 5.77. The second kappa shape index (κ2) is 9.75. The molecule has 0 aliphatic rings. The Hall–Kier alpha value is -1.14. The molecule has 1 atom stereocenters. The number of carbonyl (C=O) groups is 2. The molecule has 19 heavy (non-hydrogen) atoms. The predicted octanol–water partition coefficient (Wildman–Crippen LogP) is 0.570. The van der Waals surface area contributed by atoms with E-state index < -0.39 is 12.6 Å². The van der Waals surface area contributed by atoms with Crippen LogP contribution in [0.2, 0.25) is 0 Å². The summed E-state index contributed by atoms with van der Waals surface area (Å²) >= 11 is 0. The quantitative estimate of drug-likeness (QED) is 0.609. The minimum absolute atomic E-state index is 0.213. The number of likely N-dealkylation sites (N-methyl/N-ethyl adjacent to an activating group) is 1. The maximum Gasteiger partial charge on any atom is 0.329 e. The Morgan fingerprint density at radius 3 is 2.21 bits per heavy atom. The topological polar surface area (TPSA) is 78.9 Å². The maximum absolute atomic E-state index is 11.5. The second-order valence-electron chi connectivity index (χ2n) is 4.80. The molecule has 0 saturated heterocycles. The number of ether oxygens (including phenoxy) is 1. The summed E-state index contributed by atoms with van der Waals surface area (Å²) in [5.74, 6) is -0.828. The van der Waals surface area contributed by atoms with E-state index >= 15 is 0 Å². The number of nitrogens with one attached hydrogen (secondary N) is 1. The number of hydrogen-bond acceptors (Lipinski definition) is 4. The summed E-state index contributed by atoms with van der Waals surface area (Å²) in [6.45, 7) is 4.17. The number of hydrogen-bond donors (Lipinski definition) is 2. The summed E-state index contributed by atoms with van der Waals surface area (Å²) in [5, 5.41) is 11.2. The molecule has 0 aromatic rings. The smallest absolute Gasteiger partial charge is 0.329 e. The van der Waals surface area contributed by atoms with Gasteiger partial charge in [0.1, 0.15) is 13.2 Å². The summed E-state index contributed by atoms with van der Waals surface area (Å²) in [6.07, 6.45) is 2.12. The Balaban J connectivity index is 4.10. The summed E-state index contributed by atoms with van der Waals surface area (Å²) < 4.78 is 4.74. The largest absolute Gasteiger partial charge is 0.480 e. The average Bonchev–Trinajstić information content (AvgIpc) is 2.33. The Morgan fingerprint density at radius 1 is 1.21 bits per heavy atom. The first-order chi connectivity index (χ1) is 8.92. The number of carboxylic acid groups (broad SMARTS) is 1. The van der Waals surface area contributed by atoms with Gasteiger partial charge < -0.3 is 20.1 Å². The zero-order valence-corrected chi connectivity index (χ0v) is 12.3. The molecule has 6 heteroatoms. The van der Waals surface area contributed by atoms with Crippen LogP contribution in [0.5, 0.6) is 0 Å². The van der Waals surface area contributed by atoms with Crippen LogP contribution < -0.4 is 5.32 Å². The van der Waals surface area contributed by atoms with Crippen LogP contribution in [0.3, 0.4) is 0 Å². The van der Waals surface area contributed by atoms with Crippen molar-refractivity contribution in [2.45, 2.75) is 32.7 Å². The highest BCUT2D eigenvalue weighted by atomic mass is 16.5. The van der Waals surface area contributed by atoms with Crippen LogP contribution in [-0.4, -0.2) is 61.8 Å². The fourth-order valence-electron chi connectivity index (χ4n) is 2.10. The maximum atomic E-state index is 11.5. The van der Waals surface area contributed by atoms with Gasteiger partial charge in [0.25, 0.3) is 0 Å². The van der Waals surface area contributed by atoms with E-state index in [1.807, 2.05) is 14.1 Å². The minimum Gasteiger partial charge on any atom is -0.480 e. The number of nitrogens with zero attached hydrogens (tertiary/aromatic N) is 1. The molecular weight excluding hydrogens is 248 g/mol. The number of aliphatic carboxylic acids is 1. The molecule has 6 nitrogen and oxygen atoms in total. The number of carboxylic acids is 1. The van der Waals surface area contributed by atoms with Gasteiger partial charge in [0.2, 0.25) is 5.91 Å². The third kappa shape index (κ3) is 7.79. The van der Waals surface area contributed by atoms with Gasteiger partial charge in [-0.3, -0.25) is 4.79 Å². The van der Waals surface area contributed by atoms with Gasteiger partial charge in [-0.2, -0.15) is 0 Å². The fourth-order valence-corrected chi connectivity index (χ4v) is 2.10. The molecule has 0 bridgehead atoms. The van der Waals surface area contributed by atoms with Gasteiger partial charge in [-0.15, -0.1) is 0 Å². The highest BCUT2D eigenvalue weighted by Crippen LogP contribution is 2.16. The lowest BCUT2D eigenvalue weighted by atomic mass is 9.93. The first kappa shape index (κ1) is 17.9. The molecule has 0 radical (unpaired) electrons. The lowest BCUT2D eigenvalue weighted by molar-refractivity contribution is -0.143. The van der Waals surface area contributed by atoms with E-state index in [9.17, 15) is 9.59 Å². The van der Waals surface area contributed by atoms with Crippen molar-refractivity contribution in [2.24, 2.45) is 5.92 Å². The van der Waals surface area contributed by atoms with E-state index in [2.05, 4.69) is 24.1 Å². The van der Waals surface area contributed by atoms with Gasteiger partial charge in [-0.1, -0.05) is 26.7 Å². The molecule has 0 aromatic carbocycles.